The molecule has 0 bridgehead atoms. The molecule has 0 radical (unpaired) electrons. The molecule has 39 heavy (non-hydrogen) atoms. The van der Waals surface area contributed by atoms with E-state index in [1.165, 1.54) is 0 Å². The lowest BCUT2D eigenvalue weighted by atomic mass is 9.98. The van der Waals surface area contributed by atoms with Crippen molar-refractivity contribution in [3.63, 3.8) is 0 Å². The summed E-state index contributed by atoms with van der Waals surface area (Å²) in [5.74, 6) is 0.901. The van der Waals surface area contributed by atoms with E-state index < -0.39 is 11.9 Å². The van der Waals surface area contributed by atoms with Crippen molar-refractivity contribution < 1.29 is 33.6 Å². The number of aliphatic hydroxyl groups excluding tert-OH is 1. The summed E-state index contributed by atoms with van der Waals surface area (Å²) in [4.78, 5) is 23.7. The van der Waals surface area contributed by atoms with Gasteiger partial charge in [-0.15, -0.1) is 0 Å². The monoisotopic (exact) mass is 530 g/mol. The molecule has 1 N–H and O–H groups in total. The predicted molar refractivity (Wildman–Crippen MR) is 151 cm³/mol. The van der Waals surface area contributed by atoms with E-state index in [0.717, 1.165) is 22.3 Å². The third-order valence-corrected chi connectivity index (χ3v) is 5.55. The average Bonchev–Trinajstić information content (AvgIpc) is 2.93. The molecular formula is C32H34O7. The normalized spacial score (nSPS) is 10.4. The molecular weight excluding hydrogens is 496 g/mol. The van der Waals surface area contributed by atoms with Crippen molar-refractivity contribution in [3.05, 3.63) is 91.0 Å². The van der Waals surface area contributed by atoms with Gasteiger partial charge in [-0.2, -0.15) is 0 Å². The van der Waals surface area contributed by atoms with E-state index in [9.17, 15) is 9.59 Å². The Morgan fingerprint density at radius 2 is 1.13 bits per heavy atom. The van der Waals surface area contributed by atoms with Crippen molar-refractivity contribution in [1.82, 2.24) is 0 Å². The van der Waals surface area contributed by atoms with Crippen LogP contribution in [0.2, 0.25) is 0 Å². The molecule has 0 aliphatic heterocycles. The maximum atomic E-state index is 12.2. The number of rotatable bonds is 14. The van der Waals surface area contributed by atoms with Crippen LogP contribution in [0, 0.1) is 0 Å². The van der Waals surface area contributed by atoms with Crippen molar-refractivity contribution in [2.75, 3.05) is 26.4 Å². The maximum Gasteiger partial charge on any atom is 0.338 e. The highest BCUT2D eigenvalue weighted by molar-refractivity contribution is 5.89. The van der Waals surface area contributed by atoms with Gasteiger partial charge in [-0.25, -0.2) is 9.59 Å². The Morgan fingerprint density at radius 1 is 0.641 bits per heavy atom. The summed E-state index contributed by atoms with van der Waals surface area (Å²) in [7, 11) is 0. The van der Waals surface area contributed by atoms with Gasteiger partial charge in [-0.3, -0.25) is 0 Å². The van der Waals surface area contributed by atoms with Crippen LogP contribution in [-0.4, -0.2) is 43.5 Å². The molecule has 204 valence electrons. The minimum atomic E-state index is -0.497. The topological polar surface area (TPSA) is 91.3 Å². The van der Waals surface area contributed by atoms with Crippen LogP contribution in [0.25, 0.3) is 22.3 Å². The lowest BCUT2D eigenvalue weighted by Gasteiger charge is -2.13. The van der Waals surface area contributed by atoms with Crippen LogP contribution in [0.1, 0.15) is 26.7 Å². The number of ether oxygens (including phenoxy) is 4. The number of hydrogen-bond acceptors (Lipinski definition) is 7. The van der Waals surface area contributed by atoms with E-state index in [-0.39, 0.29) is 13.2 Å². The first-order valence-electron chi connectivity index (χ1n) is 12.7. The summed E-state index contributed by atoms with van der Waals surface area (Å²) >= 11 is 0. The first-order chi connectivity index (χ1) is 18.8. The van der Waals surface area contributed by atoms with Gasteiger partial charge in [-0.05, 0) is 78.6 Å². The molecule has 0 aromatic heterocycles. The van der Waals surface area contributed by atoms with Crippen LogP contribution in [0.15, 0.2) is 91.0 Å². The fourth-order valence-electron chi connectivity index (χ4n) is 3.46. The zero-order valence-corrected chi connectivity index (χ0v) is 22.4. The fraction of sp³-hybridized carbons (Fsp3) is 0.250. The first-order valence-corrected chi connectivity index (χ1v) is 12.7. The molecule has 0 aliphatic rings. The molecule has 0 saturated heterocycles. The van der Waals surface area contributed by atoms with Crippen molar-refractivity contribution in [2.45, 2.75) is 26.7 Å². The van der Waals surface area contributed by atoms with E-state index in [2.05, 4.69) is 13.2 Å². The van der Waals surface area contributed by atoms with Crippen molar-refractivity contribution in [1.29, 1.82) is 0 Å². The summed E-state index contributed by atoms with van der Waals surface area (Å²) in [6, 6.07) is 20.8. The molecule has 7 nitrogen and oxygen atoms in total. The van der Waals surface area contributed by atoms with Gasteiger partial charge in [0.1, 0.15) is 17.2 Å². The van der Waals surface area contributed by atoms with E-state index >= 15 is 0 Å². The van der Waals surface area contributed by atoms with Gasteiger partial charge in [0.2, 0.25) is 0 Å². The Bertz CT molecular complexity index is 1290. The SMILES string of the molecule is C=C(C)C(=O)OCCCOc1ccc(-c2cc(OC(=O)C(=C)C)cc(-c3ccc(OCCCO)cc3)c2)cc1. The highest BCUT2D eigenvalue weighted by atomic mass is 16.5. The third-order valence-electron chi connectivity index (χ3n) is 5.55. The van der Waals surface area contributed by atoms with Gasteiger partial charge in [0.15, 0.2) is 0 Å². The first kappa shape index (κ1) is 29.2. The van der Waals surface area contributed by atoms with Crippen molar-refractivity contribution >= 4 is 11.9 Å². The zero-order valence-electron chi connectivity index (χ0n) is 22.4. The van der Waals surface area contributed by atoms with Gasteiger partial charge in [0, 0.05) is 30.6 Å². The molecule has 0 spiro atoms. The van der Waals surface area contributed by atoms with E-state index in [4.69, 9.17) is 24.1 Å². The summed E-state index contributed by atoms with van der Waals surface area (Å²) in [6.07, 6.45) is 1.13. The molecule has 3 aromatic rings. The van der Waals surface area contributed by atoms with Gasteiger partial charge in [0.05, 0.1) is 19.8 Å². The van der Waals surface area contributed by atoms with Crippen LogP contribution >= 0.6 is 0 Å². The van der Waals surface area contributed by atoms with Crippen LogP contribution < -0.4 is 14.2 Å². The molecule has 7 heteroatoms. The van der Waals surface area contributed by atoms with E-state index in [1.54, 1.807) is 13.8 Å². The second-order valence-electron chi connectivity index (χ2n) is 9.01. The molecule has 3 aromatic carbocycles. The molecule has 0 saturated carbocycles. The minimum absolute atomic E-state index is 0.0800. The minimum Gasteiger partial charge on any atom is -0.494 e. The Kier molecular flexibility index (Phi) is 10.9. The molecule has 3 rings (SSSR count). The number of esters is 2. The molecule has 0 fully saturated rings. The molecule has 0 heterocycles. The molecule has 0 amide bonds. The lowest BCUT2D eigenvalue weighted by molar-refractivity contribution is -0.139. The van der Waals surface area contributed by atoms with Crippen molar-refractivity contribution in [2.24, 2.45) is 0 Å². The standard InChI is InChI=1S/C32H34O7/c1-22(2)31(34)38-18-6-17-37-29-13-9-25(10-14-29)27-19-26(20-30(21-27)39-32(35)23(3)4)24-7-11-28(12-8-24)36-16-5-15-33/h7-14,19-21,33H,1,3,5-6,15-18H2,2,4H3. The van der Waals surface area contributed by atoms with Gasteiger partial charge in [-0.1, -0.05) is 37.4 Å². The Balaban J connectivity index is 1.75. The van der Waals surface area contributed by atoms with Crippen molar-refractivity contribution in [3.8, 4) is 39.5 Å². The number of carbonyl (C=O) groups excluding carboxylic acids is 2. The van der Waals surface area contributed by atoms with Gasteiger partial charge in [0.25, 0.3) is 0 Å². The van der Waals surface area contributed by atoms with Crippen LogP contribution in [0.4, 0.5) is 0 Å². The highest BCUT2D eigenvalue weighted by Gasteiger charge is 2.11. The number of benzene rings is 3. The van der Waals surface area contributed by atoms with Crippen LogP contribution in [-0.2, 0) is 14.3 Å². The molecule has 0 atom stereocenters. The molecule has 0 aliphatic carbocycles. The lowest BCUT2D eigenvalue weighted by Crippen LogP contribution is -2.09. The van der Waals surface area contributed by atoms with E-state index in [1.807, 2.05) is 66.7 Å². The largest absolute Gasteiger partial charge is 0.494 e. The summed E-state index contributed by atoms with van der Waals surface area (Å²) in [5, 5.41) is 8.94. The highest BCUT2D eigenvalue weighted by Crippen LogP contribution is 2.33. The summed E-state index contributed by atoms with van der Waals surface area (Å²) < 4.78 is 22.0. The third kappa shape index (κ3) is 9.16. The summed E-state index contributed by atoms with van der Waals surface area (Å²) in [6.45, 7) is 11.6. The Morgan fingerprint density at radius 3 is 1.59 bits per heavy atom. The average molecular weight is 531 g/mol. The van der Waals surface area contributed by atoms with E-state index in [0.29, 0.717) is 54.5 Å². The quantitative estimate of drug-likeness (QED) is 0.116. The van der Waals surface area contributed by atoms with Crippen LogP contribution in [0.5, 0.6) is 17.2 Å². The second kappa shape index (κ2) is 14.5. The fourth-order valence-corrected chi connectivity index (χ4v) is 3.46. The van der Waals surface area contributed by atoms with Gasteiger partial charge >= 0.3 is 11.9 Å². The van der Waals surface area contributed by atoms with Crippen LogP contribution in [0.3, 0.4) is 0 Å². The number of aliphatic hydroxyl groups is 1. The number of carbonyl (C=O) groups is 2. The maximum absolute atomic E-state index is 12.2. The molecule has 0 unspecified atom stereocenters. The second-order valence-corrected chi connectivity index (χ2v) is 9.01. The zero-order chi connectivity index (χ0) is 28.2. The Hall–Kier alpha value is -4.36. The number of hydrogen-bond donors (Lipinski definition) is 1. The van der Waals surface area contributed by atoms with Gasteiger partial charge < -0.3 is 24.1 Å². The summed E-state index contributed by atoms with van der Waals surface area (Å²) in [5.41, 5.74) is 4.24. The smallest absolute Gasteiger partial charge is 0.338 e. The predicted octanol–water partition coefficient (Wildman–Crippen LogP) is 6.15. The Labute approximate surface area is 229 Å².